The van der Waals surface area contributed by atoms with Crippen molar-refractivity contribution in [2.45, 2.75) is 44.7 Å². The molecule has 0 unspecified atom stereocenters. The van der Waals surface area contributed by atoms with E-state index in [4.69, 9.17) is 9.84 Å². The summed E-state index contributed by atoms with van der Waals surface area (Å²) in [6.07, 6.45) is 4.75. The molecule has 116 valence electrons. The van der Waals surface area contributed by atoms with Crippen LogP contribution in [0.15, 0.2) is 18.2 Å². The van der Waals surface area contributed by atoms with Crippen LogP contribution in [0.3, 0.4) is 0 Å². The van der Waals surface area contributed by atoms with E-state index in [1.807, 2.05) is 6.07 Å². The van der Waals surface area contributed by atoms with E-state index in [1.54, 1.807) is 12.1 Å². The lowest BCUT2D eigenvalue weighted by Crippen LogP contribution is -2.15. The summed E-state index contributed by atoms with van der Waals surface area (Å²) in [5.74, 6) is 0.319. The third kappa shape index (κ3) is 5.32. The molecule has 6 heteroatoms. The zero-order chi connectivity index (χ0) is 15.1. The van der Waals surface area contributed by atoms with E-state index in [0.29, 0.717) is 24.9 Å². The predicted molar refractivity (Wildman–Crippen MR) is 79.4 cm³/mol. The number of nitrogens with one attached hydrogen (secondary N) is 1. The lowest BCUT2D eigenvalue weighted by atomic mass is 10.2. The average Bonchev–Trinajstić information content (AvgIpc) is 3.29. The van der Waals surface area contributed by atoms with Gasteiger partial charge in [-0.1, -0.05) is 6.07 Å². The molecule has 2 rings (SSSR count). The maximum absolute atomic E-state index is 11.1. The molecule has 0 radical (unpaired) electrons. The number of ether oxygens (including phenoxy) is 1. The summed E-state index contributed by atoms with van der Waals surface area (Å²) in [5.41, 5.74) is 0.925. The predicted octanol–water partition coefficient (Wildman–Crippen LogP) is 2.39. The van der Waals surface area contributed by atoms with Crippen LogP contribution in [-0.2, 0) is 6.54 Å². The molecule has 1 aromatic carbocycles. The Morgan fingerprint density at radius 2 is 2.14 bits per heavy atom. The molecule has 0 aliphatic heterocycles. The molecule has 0 atom stereocenters. The van der Waals surface area contributed by atoms with Gasteiger partial charge in [0.25, 0.3) is 0 Å². The maximum Gasteiger partial charge on any atom is 0.311 e. The fraction of sp³-hybridized carbons (Fsp3) is 0.600. The second-order valence-corrected chi connectivity index (χ2v) is 5.35. The second kappa shape index (κ2) is 7.95. The lowest BCUT2D eigenvalue weighted by Gasteiger charge is -2.08. The summed E-state index contributed by atoms with van der Waals surface area (Å²) >= 11 is 0. The number of nitro groups is 1. The number of hydrogen-bond acceptors (Lipinski definition) is 5. The van der Waals surface area contributed by atoms with Crippen molar-refractivity contribution in [3.05, 3.63) is 33.9 Å². The first kappa shape index (κ1) is 15.7. The number of unbranched alkanes of at least 4 members (excludes halogenated alkanes) is 2. The van der Waals surface area contributed by atoms with Gasteiger partial charge in [0.15, 0.2) is 5.75 Å². The standard InChI is InChI=1S/C15H22N2O4/c18-8-2-1-3-9-21-15-7-4-12(10-14(15)17(19)20)11-16-13-5-6-13/h4,7,10,13,16,18H,1-3,5-6,8-9,11H2. The van der Waals surface area contributed by atoms with Crippen LogP contribution in [0.25, 0.3) is 0 Å². The van der Waals surface area contributed by atoms with E-state index in [1.165, 1.54) is 12.8 Å². The molecule has 2 N–H and O–H groups in total. The van der Waals surface area contributed by atoms with Gasteiger partial charge in [-0.3, -0.25) is 10.1 Å². The van der Waals surface area contributed by atoms with Gasteiger partial charge in [-0.25, -0.2) is 0 Å². The molecular formula is C15H22N2O4. The summed E-state index contributed by atoms with van der Waals surface area (Å²) < 4.78 is 5.49. The Kier molecular flexibility index (Phi) is 5.95. The SMILES string of the molecule is O=[N+]([O-])c1cc(CNC2CC2)ccc1OCCCCCO. The molecule has 0 bridgehead atoms. The van der Waals surface area contributed by atoms with Crippen LogP contribution < -0.4 is 10.1 Å². The summed E-state index contributed by atoms with van der Waals surface area (Å²) in [5, 5.41) is 23.2. The zero-order valence-electron chi connectivity index (χ0n) is 12.1. The van der Waals surface area contributed by atoms with Crippen molar-refractivity contribution in [1.29, 1.82) is 0 Å². The largest absolute Gasteiger partial charge is 0.487 e. The molecule has 1 fully saturated rings. The zero-order valence-corrected chi connectivity index (χ0v) is 12.1. The topological polar surface area (TPSA) is 84.6 Å². The minimum Gasteiger partial charge on any atom is -0.487 e. The number of aliphatic hydroxyl groups excluding tert-OH is 1. The third-order valence-corrected chi connectivity index (χ3v) is 3.45. The molecule has 0 aromatic heterocycles. The summed E-state index contributed by atoms with van der Waals surface area (Å²) in [6, 6.07) is 5.70. The monoisotopic (exact) mass is 294 g/mol. The van der Waals surface area contributed by atoms with E-state index in [2.05, 4.69) is 5.32 Å². The number of benzene rings is 1. The molecule has 1 aliphatic carbocycles. The Balaban J connectivity index is 1.90. The second-order valence-electron chi connectivity index (χ2n) is 5.35. The Hall–Kier alpha value is -1.66. The van der Waals surface area contributed by atoms with Gasteiger partial charge >= 0.3 is 5.69 Å². The minimum atomic E-state index is -0.399. The number of nitrogens with zero attached hydrogens (tertiary/aromatic N) is 1. The van der Waals surface area contributed by atoms with E-state index in [-0.39, 0.29) is 12.3 Å². The Morgan fingerprint density at radius 3 is 2.81 bits per heavy atom. The first-order valence-corrected chi connectivity index (χ1v) is 7.45. The van der Waals surface area contributed by atoms with Crippen LogP contribution in [0.2, 0.25) is 0 Å². The van der Waals surface area contributed by atoms with Crippen molar-refractivity contribution in [3.63, 3.8) is 0 Å². The highest BCUT2D eigenvalue weighted by Gasteiger charge is 2.21. The van der Waals surface area contributed by atoms with Crippen LogP contribution in [0, 0.1) is 10.1 Å². The summed E-state index contributed by atoms with van der Waals surface area (Å²) in [4.78, 5) is 10.7. The Bertz CT molecular complexity index is 475. The number of hydrogen-bond donors (Lipinski definition) is 2. The van der Waals surface area contributed by atoms with Crippen LogP contribution >= 0.6 is 0 Å². The Labute approximate surface area is 124 Å². The van der Waals surface area contributed by atoms with Gasteiger partial charge in [-0.2, -0.15) is 0 Å². The fourth-order valence-corrected chi connectivity index (χ4v) is 2.06. The van der Waals surface area contributed by atoms with Crippen molar-refractivity contribution < 1.29 is 14.8 Å². The summed E-state index contributed by atoms with van der Waals surface area (Å²) in [6.45, 7) is 1.26. The molecular weight excluding hydrogens is 272 g/mol. The van der Waals surface area contributed by atoms with Gasteiger partial charge in [-0.15, -0.1) is 0 Å². The van der Waals surface area contributed by atoms with Gasteiger partial charge in [0.05, 0.1) is 11.5 Å². The molecule has 1 aliphatic rings. The normalized spacial score (nSPS) is 14.1. The van der Waals surface area contributed by atoms with Crippen molar-refractivity contribution in [2.75, 3.05) is 13.2 Å². The van der Waals surface area contributed by atoms with E-state index in [0.717, 1.165) is 24.8 Å². The third-order valence-electron chi connectivity index (χ3n) is 3.45. The lowest BCUT2D eigenvalue weighted by molar-refractivity contribution is -0.385. The highest BCUT2D eigenvalue weighted by Crippen LogP contribution is 2.28. The van der Waals surface area contributed by atoms with E-state index < -0.39 is 4.92 Å². The van der Waals surface area contributed by atoms with Gasteiger partial charge in [-0.05, 0) is 43.7 Å². The molecule has 0 saturated heterocycles. The molecule has 1 saturated carbocycles. The molecule has 0 spiro atoms. The Morgan fingerprint density at radius 1 is 1.33 bits per heavy atom. The van der Waals surface area contributed by atoms with Crippen LogP contribution in [0.4, 0.5) is 5.69 Å². The minimum absolute atomic E-state index is 0.0206. The van der Waals surface area contributed by atoms with Crippen molar-refractivity contribution in [3.8, 4) is 5.75 Å². The van der Waals surface area contributed by atoms with Gasteiger partial charge in [0, 0.05) is 25.3 Å². The first-order chi connectivity index (χ1) is 10.2. The molecule has 6 nitrogen and oxygen atoms in total. The van der Waals surface area contributed by atoms with Crippen molar-refractivity contribution >= 4 is 5.69 Å². The van der Waals surface area contributed by atoms with E-state index in [9.17, 15) is 10.1 Å². The molecule has 1 aromatic rings. The molecule has 0 heterocycles. The summed E-state index contributed by atoms with van der Waals surface area (Å²) in [7, 11) is 0. The van der Waals surface area contributed by atoms with Crippen molar-refractivity contribution in [2.24, 2.45) is 0 Å². The molecule has 21 heavy (non-hydrogen) atoms. The van der Waals surface area contributed by atoms with Crippen LogP contribution in [0.5, 0.6) is 5.75 Å². The number of aliphatic hydroxyl groups is 1. The van der Waals surface area contributed by atoms with Gasteiger partial charge in [0.1, 0.15) is 0 Å². The average molecular weight is 294 g/mol. The van der Waals surface area contributed by atoms with Gasteiger partial charge in [0.2, 0.25) is 0 Å². The number of nitro benzene ring substituents is 1. The van der Waals surface area contributed by atoms with Crippen LogP contribution in [-0.4, -0.2) is 29.3 Å². The van der Waals surface area contributed by atoms with Gasteiger partial charge < -0.3 is 15.2 Å². The molecule has 0 amide bonds. The number of rotatable bonds is 10. The van der Waals surface area contributed by atoms with Crippen molar-refractivity contribution in [1.82, 2.24) is 5.32 Å². The fourth-order valence-electron chi connectivity index (χ4n) is 2.06. The van der Waals surface area contributed by atoms with E-state index >= 15 is 0 Å². The van der Waals surface area contributed by atoms with Crippen LogP contribution in [0.1, 0.15) is 37.7 Å². The smallest absolute Gasteiger partial charge is 0.311 e. The highest BCUT2D eigenvalue weighted by molar-refractivity contribution is 5.48. The highest BCUT2D eigenvalue weighted by atomic mass is 16.6. The maximum atomic E-state index is 11.1. The quantitative estimate of drug-likeness (QED) is 0.393. The first-order valence-electron chi connectivity index (χ1n) is 7.45.